The van der Waals surface area contributed by atoms with Gasteiger partial charge in [-0.25, -0.2) is 4.39 Å². The molecule has 0 aromatic heterocycles. The number of alkyl halides is 1. The van der Waals surface area contributed by atoms with Crippen LogP contribution < -0.4 is 10.5 Å². The Morgan fingerprint density at radius 3 is 2.83 bits per heavy atom. The minimum absolute atomic E-state index is 0.0628. The maximum absolute atomic E-state index is 11.7. The Morgan fingerprint density at radius 2 is 2.25 bits per heavy atom. The van der Waals surface area contributed by atoms with Crippen molar-refractivity contribution in [3.63, 3.8) is 0 Å². The standard InChI is InChI=1S/C9H12FNO/c1-7-2-3-9(8(11)6-7)12-5-4-10/h2-3,6H,4-5,11H2,1H3. The minimum Gasteiger partial charge on any atom is -0.489 e. The van der Waals surface area contributed by atoms with Crippen molar-refractivity contribution >= 4 is 5.69 Å². The third kappa shape index (κ3) is 2.12. The second kappa shape index (κ2) is 3.95. The summed E-state index contributed by atoms with van der Waals surface area (Å²) in [7, 11) is 0. The number of benzene rings is 1. The Bertz CT molecular complexity index is 263. The lowest BCUT2D eigenvalue weighted by atomic mass is 10.2. The molecule has 1 rings (SSSR count). The largest absolute Gasteiger partial charge is 0.489 e. The molecule has 1 aromatic rings. The second-order valence-corrected chi connectivity index (χ2v) is 2.58. The lowest BCUT2D eigenvalue weighted by molar-refractivity contribution is 0.274. The van der Waals surface area contributed by atoms with Gasteiger partial charge in [-0.2, -0.15) is 0 Å². The molecule has 0 atom stereocenters. The minimum atomic E-state index is -0.493. The van der Waals surface area contributed by atoms with Crippen LogP contribution in [0.2, 0.25) is 0 Å². The zero-order valence-electron chi connectivity index (χ0n) is 7.01. The van der Waals surface area contributed by atoms with Crippen molar-refractivity contribution in [1.29, 1.82) is 0 Å². The molecular formula is C9H12FNO. The Kier molecular flexibility index (Phi) is 2.91. The van der Waals surface area contributed by atoms with E-state index in [-0.39, 0.29) is 6.61 Å². The molecule has 0 amide bonds. The normalized spacial score (nSPS) is 9.83. The molecule has 66 valence electrons. The van der Waals surface area contributed by atoms with Gasteiger partial charge in [0, 0.05) is 0 Å². The van der Waals surface area contributed by atoms with Crippen LogP contribution >= 0.6 is 0 Å². The highest BCUT2D eigenvalue weighted by atomic mass is 19.1. The van der Waals surface area contributed by atoms with Gasteiger partial charge >= 0.3 is 0 Å². The first-order valence-corrected chi connectivity index (χ1v) is 3.79. The van der Waals surface area contributed by atoms with Crippen LogP contribution in [-0.2, 0) is 0 Å². The Labute approximate surface area is 71.1 Å². The molecule has 0 aliphatic carbocycles. The van der Waals surface area contributed by atoms with Gasteiger partial charge in [0.2, 0.25) is 0 Å². The first kappa shape index (κ1) is 8.84. The van der Waals surface area contributed by atoms with Crippen LogP contribution in [0.3, 0.4) is 0 Å². The number of halogens is 1. The molecule has 0 spiro atoms. The molecule has 0 heterocycles. The Balaban J connectivity index is 2.72. The first-order chi connectivity index (χ1) is 5.74. The van der Waals surface area contributed by atoms with E-state index in [9.17, 15) is 4.39 Å². The third-order valence-corrected chi connectivity index (χ3v) is 1.50. The average molecular weight is 169 g/mol. The molecule has 0 aliphatic heterocycles. The van der Waals surface area contributed by atoms with Crippen LogP contribution in [0.5, 0.6) is 5.75 Å². The van der Waals surface area contributed by atoms with Crippen LogP contribution in [0.25, 0.3) is 0 Å². The molecule has 0 aliphatic rings. The van der Waals surface area contributed by atoms with Crippen molar-refractivity contribution < 1.29 is 9.13 Å². The van der Waals surface area contributed by atoms with Crippen molar-refractivity contribution in [1.82, 2.24) is 0 Å². The van der Waals surface area contributed by atoms with Gasteiger partial charge in [-0.1, -0.05) is 6.07 Å². The van der Waals surface area contributed by atoms with Crippen LogP contribution in [0.1, 0.15) is 5.56 Å². The topological polar surface area (TPSA) is 35.2 Å². The lowest BCUT2D eigenvalue weighted by Gasteiger charge is -2.06. The fraction of sp³-hybridized carbons (Fsp3) is 0.333. The summed E-state index contributed by atoms with van der Waals surface area (Å²) in [5, 5.41) is 0. The smallest absolute Gasteiger partial charge is 0.142 e. The average Bonchev–Trinajstić information content (AvgIpc) is 2.03. The maximum Gasteiger partial charge on any atom is 0.142 e. The zero-order valence-corrected chi connectivity index (χ0v) is 7.01. The summed E-state index contributed by atoms with van der Waals surface area (Å²) in [4.78, 5) is 0. The van der Waals surface area contributed by atoms with E-state index < -0.39 is 6.67 Å². The Hall–Kier alpha value is -1.25. The number of rotatable bonds is 3. The van der Waals surface area contributed by atoms with Gasteiger partial charge < -0.3 is 10.5 Å². The number of hydrogen-bond acceptors (Lipinski definition) is 2. The molecule has 3 heteroatoms. The predicted octanol–water partition coefficient (Wildman–Crippen LogP) is 1.93. The van der Waals surface area contributed by atoms with Gasteiger partial charge in [0.1, 0.15) is 19.0 Å². The van der Waals surface area contributed by atoms with Gasteiger partial charge in [-0.05, 0) is 24.6 Å². The second-order valence-electron chi connectivity index (χ2n) is 2.58. The van der Waals surface area contributed by atoms with Crippen molar-refractivity contribution in [2.75, 3.05) is 19.0 Å². The van der Waals surface area contributed by atoms with E-state index in [2.05, 4.69) is 0 Å². The van der Waals surface area contributed by atoms with Crippen molar-refractivity contribution in [3.8, 4) is 5.75 Å². The van der Waals surface area contributed by atoms with Gasteiger partial charge in [0.15, 0.2) is 0 Å². The van der Waals surface area contributed by atoms with Crippen molar-refractivity contribution in [2.45, 2.75) is 6.92 Å². The molecular weight excluding hydrogens is 157 g/mol. The van der Waals surface area contributed by atoms with Crippen LogP contribution in [0, 0.1) is 6.92 Å². The fourth-order valence-electron chi connectivity index (χ4n) is 0.948. The van der Waals surface area contributed by atoms with Crippen LogP contribution in [-0.4, -0.2) is 13.3 Å². The number of hydrogen-bond donors (Lipinski definition) is 1. The van der Waals surface area contributed by atoms with E-state index in [4.69, 9.17) is 10.5 Å². The SMILES string of the molecule is Cc1ccc(OCCF)c(N)c1. The monoisotopic (exact) mass is 169 g/mol. The van der Waals surface area contributed by atoms with Gasteiger partial charge in [0.05, 0.1) is 5.69 Å². The van der Waals surface area contributed by atoms with Crippen molar-refractivity contribution in [3.05, 3.63) is 23.8 Å². The molecule has 0 fully saturated rings. The van der Waals surface area contributed by atoms with Gasteiger partial charge in [-0.15, -0.1) is 0 Å². The zero-order chi connectivity index (χ0) is 8.97. The van der Waals surface area contributed by atoms with Crippen LogP contribution in [0.15, 0.2) is 18.2 Å². The number of anilines is 1. The van der Waals surface area contributed by atoms with E-state index in [1.807, 2.05) is 13.0 Å². The molecule has 12 heavy (non-hydrogen) atoms. The predicted molar refractivity (Wildman–Crippen MR) is 47.1 cm³/mol. The molecule has 0 radical (unpaired) electrons. The number of nitrogen functional groups attached to an aromatic ring is 1. The van der Waals surface area contributed by atoms with Crippen LogP contribution in [0.4, 0.5) is 10.1 Å². The van der Waals surface area contributed by atoms with Gasteiger partial charge in [0.25, 0.3) is 0 Å². The summed E-state index contributed by atoms with van der Waals surface area (Å²) in [5.74, 6) is 0.554. The fourth-order valence-corrected chi connectivity index (χ4v) is 0.948. The molecule has 0 saturated carbocycles. The number of nitrogens with two attached hydrogens (primary N) is 1. The summed E-state index contributed by atoms with van der Waals surface area (Å²) in [5.41, 5.74) is 7.24. The summed E-state index contributed by atoms with van der Waals surface area (Å²) < 4.78 is 16.8. The number of aryl methyl sites for hydroxylation is 1. The lowest BCUT2D eigenvalue weighted by Crippen LogP contribution is -2.01. The molecule has 2 nitrogen and oxygen atoms in total. The van der Waals surface area contributed by atoms with E-state index in [0.29, 0.717) is 11.4 Å². The maximum atomic E-state index is 11.7. The van der Waals surface area contributed by atoms with Gasteiger partial charge in [-0.3, -0.25) is 0 Å². The highest BCUT2D eigenvalue weighted by molar-refractivity contribution is 5.53. The molecule has 2 N–H and O–H groups in total. The van der Waals surface area contributed by atoms with E-state index in [1.165, 1.54) is 0 Å². The summed E-state index contributed by atoms with van der Waals surface area (Å²) in [6.45, 7) is 1.51. The molecule has 0 bridgehead atoms. The number of ether oxygens (including phenoxy) is 1. The summed E-state index contributed by atoms with van der Waals surface area (Å²) in [6, 6.07) is 5.43. The van der Waals surface area contributed by atoms with E-state index in [0.717, 1.165) is 5.56 Å². The van der Waals surface area contributed by atoms with E-state index >= 15 is 0 Å². The highest BCUT2D eigenvalue weighted by Gasteiger charge is 1.98. The Morgan fingerprint density at radius 1 is 1.50 bits per heavy atom. The van der Waals surface area contributed by atoms with E-state index in [1.54, 1.807) is 12.1 Å². The molecule has 0 unspecified atom stereocenters. The third-order valence-electron chi connectivity index (χ3n) is 1.50. The van der Waals surface area contributed by atoms with Crippen molar-refractivity contribution in [2.24, 2.45) is 0 Å². The first-order valence-electron chi connectivity index (χ1n) is 3.79. The molecule has 1 aromatic carbocycles. The summed E-state index contributed by atoms with van der Waals surface area (Å²) >= 11 is 0. The summed E-state index contributed by atoms with van der Waals surface area (Å²) in [6.07, 6.45) is 0. The highest BCUT2D eigenvalue weighted by Crippen LogP contribution is 2.21. The quantitative estimate of drug-likeness (QED) is 0.701. The molecule has 0 saturated heterocycles.